The molecule has 1 amide bonds. The van der Waals surface area contributed by atoms with Crippen LogP contribution in [0.25, 0.3) is 0 Å². The maximum Gasteiger partial charge on any atom is 0.221 e. The fourth-order valence-electron chi connectivity index (χ4n) is 2.32. The van der Waals surface area contributed by atoms with Gasteiger partial charge >= 0.3 is 0 Å². The zero-order chi connectivity index (χ0) is 18.1. The van der Waals surface area contributed by atoms with Crippen LogP contribution in [0.1, 0.15) is 17.5 Å². The van der Waals surface area contributed by atoms with Gasteiger partial charge in [0, 0.05) is 31.1 Å². The van der Waals surface area contributed by atoms with E-state index in [0.717, 1.165) is 16.1 Å². The van der Waals surface area contributed by atoms with Crippen molar-refractivity contribution in [3.05, 3.63) is 58.6 Å². The van der Waals surface area contributed by atoms with Crippen LogP contribution in [0, 0.1) is 0 Å². The van der Waals surface area contributed by atoms with Gasteiger partial charge in [0.25, 0.3) is 0 Å². The summed E-state index contributed by atoms with van der Waals surface area (Å²) in [6, 6.07) is 13.2. The maximum absolute atomic E-state index is 11.9. The summed E-state index contributed by atoms with van der Waals surface area (Å²) in [6.07, 6.45) is 0.418. The van der Waals surface area contributed by atoms with Gasteiger partial charge in [-0.1, -0.05) is 29.8 Å². The van der Waals surface area contributed by atoms with Crippen molar-refractivity contribution in [3.63, 3.8) is 0 Å². The molecule has 0 unspecified atom stereocenters. The smallest absolute Gasteiger partial charge is 0.221 e. The van der Waals surface area contributed by atoms with Crippen molar-refractivity contribution < 1.29 is 14.3 Å². The Morgan fingerprint density at radius 3 is 2.32 bits per heavy atom. The lowest BCUT2D eigenvalue weighted by atomic mass is 10.2. The number of carbonyl (C=O) groups is 1. The minimum absolute atomic E-state index is 0.00149. The predicted octanol–water partition coefficient (Wildman–Crippen LogP) is 3.15. The van der Waals surface area contributed by atoms with Crippen molar-refractivity contribution in [2.24, 2.45) is 0 Å². The Kier molecular flexibility index (Phi) is 7.57. The van der Waals surface area contributed by atoms with Gasteiger partial charge in [-0.05, 0) is 35.4 Å². The van der Waals surface area contributed by atoms with Crippen molar-refractivity contribution >= 4 is 17.5 Å². The van der Waals surface area contributed by atoms with Crippen LogP contribution >= 0.6 is 11.6 Å². The Hall–Kier alpha value is -2.24. The number of ether oxygens (including phenoxy) is 2. The molecule has 2 aromatic carbocycles. The third-order valence-electron chi connectivity index (χ3n) is 3.71. The summed E-state index contributed by atoms with van der Waals surface area (Å²) in [5, 5.41) is 6.86. The Morgan fingerprint density at radius 1 is 0.960 bits per heavy atom. The quantitative estimate of drug-likeness (QED) is 0.673. The first kappa shape index (κ1) is 19.1. The molecule has 134 valence electrons. The molecule has 2 rings (SSSR count). The number of benzene rings is 2. The van der Waals surface area contributed by atoms with Gasteiger partial charge in [-0.2, -0.15) is 0 Å². The number of hydrogen-bond donors (Lipinski definition) is 2. The molecule has 0 saturated carbocycles. The van der Waals surface area contributed by atoms with Crippen LogP contribution < -0.4 is 20.1 Å². The summed E-state index contributed by atoms with van der Waals surface area (Å²) in [5.74, 6) is 1.32. The average molecular weight is 363 g/mol. The number of amides is 1. The fourth-order valence-corrected chi connectivity index (χ4v) is 2.44. The van der Waals surface area contributed by atoms with Gasteiger partial charge in [-0.15, -0.1) is 0 Å². The molecule has 2 aromatic rings. The summed E-state index contributed by atoms with van der Waals surface area (Å²) in [5.41, 5.74) is 2.09. The van der Waals surface area contributed by atoms with E-state index in [1.807, 2.05) is 42.5 Å². The van der Waals surface area contributed by atoms with Crippen molar-refractivity contribution in [2.75, 3.05) is 20.8 Å². The standard InChI is InChI=1S/C19H23ClN2O3/c1-24-17-8-5-15(11-18(17)25-2)13-22-19(23)9-10-21-12-14-3-6-16(20)7-4-14/h3-8,11,21H,9-10,12-13H2,1-2H3,(H,22,23). The first-order valence-corrected chi connectivity index (χ1v) is 8.43. The SMILES string of the molecule is COc1ccc(CNC(=O)CCNCc2ccc(Cl)cc2)cc1OC. The van der Waals surface area contributed by atoms with Crippen LogP contribution in [-0.2, 0) is 17.9 Å². The highest BCUT2D eigenvalue weighted by Gasteiger charge is 2.06. The molecule has 0 aromatic heterocycles. The molecule has 2 N–H and O–H groups in total. The second-order valence-corrected chi connectivity index (χ2v) is 5.96. The predicted molar refractivity (Wildman–Crippen MR) is 99.2 cm³/mol. The van der Waals surface area contributed by atoms with Gasteiger partial charge in [0.15, 0.2) is 11.5 Å². The van der Waals surface area contributed by atoms with Crippen LogP contribution in [0.4, 0.5) is 0 Å². The zero-order valence-electron chi connectivity index (χ0n) is 14.5. The lowest BCUT2D eigenvalue weighted by molar-refractivity contribution is -0.121. The number of carbonyl (C=O) groups excluding carboxylic acids is 1. The molecular weight excluding hydrogens is 340 g/mol. The van der Waals surface area contributed by atoms with E-state index in [4.69, 9.17) is 21.1 Å². The normalized spacial score (nSPS) is 10.4. The molecule has 0 aliphatic carbocycles. The average Bonchev–Trinajstić information content (AvgIpc) is 2.64. The lowest BCUT2D eigenvalue weighted by Crippen LogP contribution is -2.27. The van der Waals surface area contributed by atoms with E-state index in [1.54, 1.807) is 14.2 Å². The van der Waals surface area contributed by atoms with Crippen molar-refractivity contribution in [1.29, 1.82) is 0 Å². The fraction of sp³-hybridized carbons (Fsp3) is 0.316. The van der Waals surface area contributed by atoms with Crippen molar-refractivity contribution in [1.82, 2.24) is 10.6 Å². The molecule has 0 fully saturated rings. The number of rotatable bonds is 9. The molecule has 6 heteroatoms. The van der Waals surface area contributed by atoms with E-state index in [1.165, 1.54) is 0 Å². The van der Waals surface area contributed by atoms with Crippen LogP contribution in [0.3, 0.4) is 0 Å². The van der Waals surface area contributed by atoms with E-state index in [2.05, 4.69) is 10.6 Å². The minimum Gasteiger partial charge on any atom is -0.493 e. The van der Waals surface area contributed by atoms with E-state index in [0.29, 0.717) is 37.6 Å². The largest absolute Gasteiger partial charge is 0.493 e. The lowest BCUT2D eigenvalue weighted by Gasteiger charge is -2.10. The summed E-state index contributed by atoms with van der Waals surface area (Å²) < 4.78 is 10.5. The Labute approximate surface area is 153 Å². The maximum atomic E-state index is 11.9. The number of hydrogen-bond acceptors (Lipinski definition) is 4. The molecule has 0 radical (unpaired) electrons. The monoisotopic (exact) mass is 362 g/mol. The molecule has 0 aliphatic heterocycles. The number of nitrogens with one attached hydrogen (secondary N) is 2. The Bertz CT molecular complexity index is 690. The molecule has 0 atom stereocenters. The first-order valence-electron chi connectivity index (χ1n) is 8.05. The zero-order valence-corrected chi connectivity index (χ0v) is 15.2. The van der Waals surface area contributed by atoms with Crippen LogP contribution in [0.15, 0.2) is 42.5 Å². The van der Waals surface area contributed by atoms with Crippen LogP contribution in [-0.4, -0.2) is 26.7 Å². The molecule has 0 saturated heterocycles. The summed E-state index contributed by atoms with van der Waals surface area (Å²) >= 11 is 5.85. The Morgan fingerprint density at radius 2 is 1.64 bits per heavy atom. The molecule has 0 spiro atoms. The number of halogens is 1. The van der Waals surface area contributed by atoms with Crippen molar-refractivity contribution in [3.8, 4) is 11.5 Å². The second-order valence-electron chi connectivity index (χ2n) is 5.52. The molecule has 0 heterocycles. The first-order chi connectivity index (χ1) is 12.1. The van der Waals surface area contributed by atoms with Gasteiger partial charge in [0.05, 0.1) is 14.2 Å². The highest BCUT2D eigenvalue weighted by molar-refractivity contribution is 6.30. The summed E-state index contributed by atoms with van der Waals surface area (Å²) in [4.78, 5) is 11.9. The Balaban J connectivity index is 1.69. The highest BCUT2D eigenvalue weighted by atomic mass is 35.5. The minimum atomic E-state index is -0.00149. The molecular formula is C19H23ClN2O3. The topological polar surface area (TPSA) is 59.6 Å². The third-order valence-corrected chi connectivity index (χ3v) is 3.96. The molecule has 25 heavy (non-hydrogen) atoms. The summed E-state index contributed by atoms with van der Waals surface area (Å²) in [6.45, 7) is 1.77. The second kappa shape index (κ2) is 9.91. The van der Waals surface area contributed by atoms with Gasteiger partial charge < -0.3 is 20.1 Å². The van der Waals surface area contributed by atoms with Gasteiger partial charge in [0.1, 0.15) is 0 Å². The van der Waals surface area contributed by atoms with Crippen LogP contribution in [0.2, 0.25) is 5.02 Å². The molecule has 0 aliphatic rings. The van der Waals surface area contributed by atoms with E-state index < -0.39 is 0 Å². The van der Waals surface area contributed by atoms with E-state index >= 15 is 0 Å². The number of methoxy groups -OCH3 is 2. The molecule has 0 bridgehead atoms. The van der Waals surface area contributed by atoms with E-state index in [-0.39, 0.29) is 5.91 Å². The van der Waals surface area contributed by atoms with Gasteiger partial charge in [-0.3, -0.25) is 4.79 Å². The highest BCUT2D eigenvalue weighted by Crippen LogP contribution is 2.27. The van der Waals surface area contributed by atoms with Gasteiger partial charge in [-0.25, -0.2) is 0 Å². The van der Waals surface area contributed by atoms with Crippen molar-refractivity contribution in [2.45, 2.75) is 19.5 Å². The molecule has 5 nitrogen and oxygen atoms in total. The van der Waals surface area contributed by atoms with Gasteiger partial charge in [0.2, 0.25) is 5.91 Å². The van der Waals surface area contributed by atoms with E-state index in [9.17, 15) is 4.79 Å². The van der Waals surface area contributed by atoms with Crippen LogP contribution in [0.5, 0.6) is 11.5 Å². The summed E-state index contributed by atoms with van der Waals surface area (Å²) in [7, 11) is 3.18. The third kappa shape index (κ3) is 6.29.